The van der Waals surface area contributed by atoms with Crippen molar-refractivity contribution in [3.8, 4) is 0 Å². The average molecular weight is 245 g/mol. The van der Waals surface area contributed by atoms with E-state index in [1.54, 1.807) is 18.2 Å². The topological polar surface area (TPSA) is 66.8 Å². The first-order chi connectivity index (χ1) is 7.54. The third kappa shape index (κ3) is 3.48. The van der Waals surface area contributed by atoms with E-state index in [-0.39, 0.29) is 6.42 Å². The fourth-order valence-electron chi connectivity index (χ4n) is 1.28. The molecule has 16 heavy (non-hydrogen) atoms. The zero-order valence-corrected chi connectivity index (χ0v) is 9.52. The molecule has 1 aromatic rings. The second kappa shape index (κ2) is 5.84. The Morgan fingerprint density at radius 3 is 2.75 bits per heavy atom. The van der Waals surface area contributed by atoms with Crippen LogP contribution in [0, 0.1) is 0 Å². The van der Waals surface area contributed by atoms with Crippen LogP contribution in [0.4, 0.5) is 0 Å². The van der Waals surface area contributed by atoms with Crippen molar-refractivity contribution in [1.82, 2.24) is 0 Å². The summed E-state index contributed by atoms with van der Waals surface area (Å²) in [5.41, 5.74) is 0.462. The molecule has 0 spiro atoms. The molecule has 2 unspecified atom stereocenters. The summed E-state index contributed by atoms with van der Waals surface area (Å²) in [6, 6.07) is 6.47. The Balaban J connectivity index is 2.70. The van der Waals surface area contributed by atoms with Crippen molar-refractivity contribution in [2.45, 2.75) is 18.6 Å². The number of methoxy groups -OCH3 is 1. The van der Waals surface area contributed by atoms with E-state index in [9.17, 15) is 15.0 Å². The van der Waals surface area contributed by atoms with Gasteiger partial charge in [-0.05, 0) is 17.7 Å². The Morgan fingerprint density at radius 1 is 1.50 bits per heavy atom. The number of hydrogen-bond donors (Lipinski definition) is 2. The van der Waals surface area contributed by atoms with Crippen molar-refractivity contribution in [3.63, 3.8) is 0 Å². The number of hydrogen-bond acceptors (Lipinski definition) is 4. The smallest absolute Gasteiger partial charge is 0.308 e. The third-order valence-corrected chi connectivity index (χ3v) is 2.39. The van der Waals surface area contributed by atoms with Gasteiger partial charge in [0.15, 0.2) is 0 Å². The molecule has 0 bridgehead atoms. The minimum absolute atomic E-state index is 0.260. The molecule has 1 rings (SSSR count). The van der Waals surface area contributed by atoms with Gasteiger partial charge in [-0.2, -0.15) is 0 Å². The van der Waals surface area contributed by atoms with Crippen LogP contribution in [0.1, 0.15) is 18.1 Å². The predicted molar refractivity (Wildman–Crippen MR) is 59.1 cm³/mol. The molecular weight excluding hydrogens is 232 g/mol. The highest BCUT2D eigenvalue weighted by Gasteiger charge is 2.21. The van der Waals surface area contributed by atoms with Crippen LogP contribution in [-0.2, 0) is 9.53 Å². The number of rotatable bonds is 4. The van der Waals surface area contributed by atoms with Gasteiger partial charge in [0.25, 0.3) is 0 Å². The molecule has 2 N–H and O–H groups in total. The summed E-state index contributed by atoms with van der Waals surface area (Å²) in [7, 11) is 1.22. The maximum absolute atomic E-state index is 10.9. The first kappa shape index (κ1) is 13.0. The molecule has 2 atom stereocenters. The van der Waals surface area contributed by atoms with Gasteiger partial charge in [-0.15, -0.1) is 0 Å². The van der Waals surface area contributed by atoms with Gasteiger partial charge in [0.2, 0.25) is 0 Å². The Labute approximate surface area is 98.4 Å². The van der Waals surface area contributed by atoms with Crippen LogP contribution < -0.4 is 0 Å². The Hall–Kier alpha value is -1.10. The monoisotopic (exact) mass is 244 g/mol. The zero-order valence-electron chi connectivity index (χ0n) is 8.76. The summed E-state index contributed by atoms with van der Waals surface area (Å²) in [5, 5.41) is 19.8. The van der Waals surface area contributed by atoms with E-state index in [0.29, 0.717) is 10.6 Å². The molecule has 0 heterocycles. The fraction of sp³-hybridized carbons (Fsp3) is 0.364. The van der Waals surface area contributed by atoms with Gasteiger partial charge in [0.05, 0.1) is 19.6 Å². The standard InChI is InChI=1S/C11H13ClO4/c1-16-10(14)6-9(13)11(15)7-3-2-4-8(12)5-7/h2-5,9,11,13,15H,6H2,1H3. The number of benzene rings is 1. The van der Waals surface area contributed by atoms with Crippen LogP contribution in [0.25, 0.3) is 0 Å². The number of carbonyl (C=O) groups excluding carboxylic acids is 1. The normalized spacial score (nSPS) is 14.2. The molecule has 4 nitrogen and oxygen atoms in total. The molecule has 0 saturated heterocycles. The lowest BCUT2D eigenvalue weighted by atomic mass is 10.0. The number of halogens is 1. The summed E-state index contributed by atoms with van der Waals surface area (Å²) < 4.78 is 4.39. The maximum Gasteiger partial charge on any atom is 0.308 e. The summed E-state index contributed by atoms with van der Waals surface area (Å²) in [5.74, 6) is -0.575. The van der Waals surface area contributed by atoms with Gasteiger partial charge in [0, 0.05) is 5.02 Å². The van der Waals surface area contributed by atoms with Crippen LogP contribution in [-0.4, -0.2) is 29.4 Å². The Kier molecular flexibility index (Phi) is 4.73. The predicted octanol–water partition coefficient (Wildman–Crippen LogP) is 1.30. The first-order valence-electron chi connectivity index (χ1n) is 4.73. The lowest BCUT2D eigenvalue weighted by Gasteiger charge is -2.17. The van der Waals surface area contributed by atoms with Crippen LogP contribution in [0.15, 0.2) is 24.3 Å². The zero-order chi connectivity index (χ0) is 12.1. The van der Waals surface area contributed by atoms with Crippen molar-refractivity contribution < 1.29 is 19.7 Å². The van der Waals surface area contributed by atoms with E-state index >= 15 is 0 Å². The second-order valence-electron chi connectivity index (χ2n) is 3.35. The summed E-state index contributed by atoms with van der Waals surface area (Å²) >= 11 is 5.74. The van der Waals surface area contributed by atoms with E-state index < -0.39 is 18.2 Å². The van der Waals surface area contributed by atoms with Crippen molar-refractivity contribution in [2.24, 2.45) is 0 Å². The molecule has 0 saturated carbocycles. The van der Waals surface area contributed by atoms with Crippen molar-refractivity contribution in [2.75, 3.05) is 7.11 Å². The van der Waals surface area contributed by atoms with E-state index in [1.807, 2.05) is 0 Å². The van der Waals surface area contributed by atoms with E-state index in [4.69, 9.17) is 11.6 Å². The van der Waals surface area contributed by atoms with Crippen LogP contribution in [0.3, 0.4) is 0 Å². The highest BCUT2D eigenvalue weighted by Crippen LogP contribution is 2.22. The van der Waals surface area contributed by atoms with Crippen molar-refractivity contribution in [1.29, 1.82) is 0 Å². The molecule has 88 valence electrons. The van der Waals surface area contributed by atoms with Crippen molar-refractivity contribution in [3.05, 3.63) is 34.9 Å². The summed E-state index contributed by atoms with van der Waals surface area (Å²) in [6.07, 6.45) is -2.62. The van der Waals surface area contributed by atoms with Gasteiger partial charge < -0.3 is 14.9 Å². The Bertz CT molecular complexity index is 367. The third-order valence-electron chi connectivity index (χ3n) is 2.16. The molecule has 1 aromatic carbocycles. The number of esters is 1. The van der Waals surface area contributed by atoms with Gasteiger partial charge in [-0.1, -0.05) is 23.7 Å². The van der Waals surface area contributed by atoms with E-state index in [0.717, 1.165) is 0 Å². The average Bonchev–Trinajstić information content (AvgIpc) is 2.27. The van der Waals surface area contributed by atoms with Gasteiger partial charge in [-0.25, -0.2) is 0 Å². The maximum atomic E-state index is 10.9. The number of aliphatic hydroxyl groups excluding tert-OH is 2. The Morgan fingerprint density at radius 2 is 2.19 bits per heavy atom. The number of ether oxygens (including phenoxy) is 1. The van der Waals surface area contributed by atoms with Crippen molar-refractivity contribution >= 4 is 17.6 Å². The largest absolute Gasteiger partial charge is 0.469 e. The first-order valence-corrected chi connectivity index (χ1v) is 5.11. The SMILES string of the molecule is COC(=O)CC(O)C(O)c1cccc(Cl)c1. The highest BCUT2D eigenvalue weighted by atomic mass is 35.5. The fourth-order valence-corrected chi connectivity index (χ4v) is 1.48. The summed E-state index contributed by atoms with van der Waals surface area (Å²) in [6.45, 7) is 0. The quantitative estimate of drug-likeness (QED) is 0.784. The second-order valence-corrected chi connectivity index (χ2v) is 3.78. The molecule has 0 aromatic heterocycles. The molecule has 0 amide bonds. The molecule has 5 heteroatoms. The molecule has 0 aliphatic heterocycles. The number of carbonyl (C=O) groups is 1. The lowest BCUT2D eigenvalue weighted by molar-refractivity contribution is -0.144. The van der Waals surface area contributed by atoms with Gasteiger partial charge >= 0.3 is 5.97 Å². The van der Waals surface area contributed by atoms with Gasteiger partial charge in [0.1, 0.15) is 6.10 Å². The molecule has 0 aliphatic carbocycles. The lowest BCUT2D eigenvalue weighted by Crippen LogP contribution is -2.22. The van der Waals surface area contributed by atoms with E-state index in [2.05, 4.69) is 4.74 Å². The summed E-state index contributed by atoms with van der Waals surface area (Å²) in [4.78, 5) is 10.9. The molecule has 0 aliphatic rings. The van der Waals surface area contributed by atoms with E-state index in [1.165, 1.54) is 13.2 Å². The van der Waals surface area contributed by atoms with Crippen LogP contribution in [0.5, 0.6) is 0 Å². The van der Waals surface area contributed by atoms with Gasteiger partial charge in [-0.3, -0.25) is 4.79 Å². The molecular formula is C11H13ClO4. The molecule has 0 fully saturated rings. The van der Waals surface area contributed by atoms with Crippen LogP contribution in [0.2, 0.25) is 5.02 Å². The highest BCUT2D eigenvalue weighted by molar-refractivity contribution is 6.30. The minimum Gasteiger partial charge on any atom is -0.469 e. The van der Waals surface area contributed by atoms with Crippen LogP contribution >= 0.6 is 11.6 Å². The minimum atomic E-state index is -1.20. The molecule has 0 radical (unpaired) electrons. The number of aliphatic hydroxyl groups is 2.